The Morgan fingerprint density at radius 2 is 1.38 bits per heavy atom. The van der Waals surface area contributed by atoms with Gasteiger partial charge in [0, 0.05) is 20.3 Å². The molecule has 0 aromatic heterocycles. The average molecular weight is 363 g/mol. The molecule has 6 nitrogen and oxygen atoms in total. The highest BCUT2D eigenvalue weighted by molar-refractivity contribution is 6.67. The van der Waals surface area contributed by atoms with Crippen LogP contribution in [-0.2, 0) is 27.8 Å². The highest BCUT2D eigenvalue weighted by atomic mass is 28.4. The molecule has 2 aliphatic rings. The summed E-state index contributed by atoms with van der Waals surface area (Å²) < 4.78 is 34.0. The monoisotopic (exact) mass is 362 g/mol. The molecule has 0 bridgehead atoms. The van der Waals surface area contributed by atoms with E-state index in [0.717, 1.165) is 51.4 Å². The SMILES string of the molecule is CO[Si](CCCOCC1CO1)(CCCOCC1CO1)OC(C)(C)C. The van der Waals surface area contributed by atoms with Crippen molar-refractivity contribution in [3.05, 3.63) is 0 Å². The Morgan fingerprint density at radius 3 is 1.71 bits per heavy atom. The largest absolute Gasteiger partial charge is 0.398 e. The number of hydrogen-bond donors (Lipinski definition) is 0. The molecule has 2 unspecified atom stereocenters. The molecule has 2 atom stereocenters. The lowest BCUT2D eigenvalue weighted by Crippen LogP contribution is -2.47. The number of hydrogen-bond acceptors (Lipinski definition) is 6. The first-order valence-electron chi connectivity index (χ1n) is 9.06. The molecule has 0 saturated carbocycles. The molecule has 0 spiro atoms. The van der Waals surface area contributed by atoms with E-state index >= 15 is 0 Å². The summed E-state index contributed by atoms with van der Waals surface area (Å²) in [6.07, 6.45) is 2.57. The van der Waals surface area contributed by atoms with E-state index in [0.29, 0.717) is 25.4 Å². The molecule has 0 N–H and O–H groups in total. The van der Waals surface area contributed by atoms with E-state index in [1.165, 1.54) is 0 Å². The Kier molecular flexibility index (Phi) is 8.13. The van der Waals surface area contributed by atoms with Gasteiger partial charge in [-0.3, -0.25) is 0 Å². The second-order valence-corrected chi connectivity index (χ2v) is 11.0. The summed E-state index contributed by atoms with van der Waals surface area (Å²) >= 11 is 0. The molecule has 2 saturated heterocycles. The second-order valence-electron chi connectivity index (χ2n) is 7.60. The van der Waals surface area contributed by atoms with Crippen LogP contribution in [0.3, 0.4) is 0 Å². The Balaban J connectivity index is 1.69. The third kappa shape index (κ3) is 8.89. The summed E-state index contributed by atoms with van der Waals surface area (Å²) in [5, 5.41) is 0. The highest BCUT2D eigenvalue weighted by Gasteiger charge is 2.39. The maximum absolute atomic E-state index is 6.41. The van der Waals surface area contributed by atoms with Crippen molar-refractivity contribution in [3.8, 4) is 0 Å². The van der Waals surface area contributed by atoms with Gasteiger partial charge in [0.15, 0.2) is 0 Å². The summed E-state index contributed by atoms with van der Waals surface area (Å²) in [7, 11) is -0.463. The Bertz CT molecular complexity index is 329. The van der Waals surface area contributed by atoms with Crippen molar-refractivity contribution in [1.82, 2.24) is 0 Å². The van der Waals surface area contributed by atoms with Gasteiger partial charge in [0.05, 0.1) is 32.0 Å². The van der Waals surface area contributed by atoms with Crippen LogP contribution >= 0.6 is 0 Å². The molecule has 0 aromatic carbocycles. The predicted molar refractivity (Wildman–Crippen MR) is 93.6 cm³/mol. The topological polar surface area (TPSA) is 62.0 Å². The molecule has 2 rings (SSSR count). The molecule has 2 aliphatic heterocycles. The first-order chi connectivity index (χ1) is 11.4. The van der Waals surface area contributed by atoms with E-state index in [2.05, 4.69) is 20.8 Å². The van der Waals surface area contributed by atoms with Crippen LogP contribution in [0.2, 0.25) is 12.1 Å². The molecule has 0 aliphatic carbocycles. The Labute approximate surface area is 147 Å². The van der Waals surface area contributed by atoms with Crippen molar-refractivity contribution < 1.29 is 27.8 Å². The van der Waals surface area contributed by atoms with E-state index in [1.807, 2.05) is 0 Å². The summed E-state index contributed by atoms with van der Waals surface area (Å²) in [4.78, 5) is 0. The van der Waals surface area contributed by atoms with E-state index < -0.39 is 8.56 Å². The van der Waals surface area contributed by atoms with Gasteiger partial charge in [0.1, 0.15) is 12.2 Å². The van der Waals surface area contributed by atoms with Gasteiger partial charge in [0.2, 0.25) is 0 Å². The van der Waals surface area contributed by atoms with Crippen LogP contribution in [0, 0.1) is 0 Å². The first kappa shape index (κ1) is 20.3. The Hall–Kier alpha value is -0.0231. The van der Waals surface area contributed by atoms with Crippen molar-refractivity contribution in [3.63, 3.8) is 0 Å². The van der Waals surface area contributed by atoms with Crippen molar-refractivity contribution >= 4 is 8.56 Å². The fraction of sp³-hybridized carbons (Fsp3) is 1.00. The zero-order valence-electron chi connectivity index (χ0n) is 15.7. The number of rotatable bonds is 14. The van der Waals surface area contributed by atoms with E-state index in [4.69, 9.17) is 27.8 Å². The van der Waals surface area contributed by atoms with E-state index in [9.17, 15) is 0 Å². The van der Waals surface area contributed by atoms with Crippen molar-refractivity contribution in [2.24, 2.45) is 0 Å². The third-order valence-corrected chi connectivity index (χ3v) is 7.93. The molecule has 0 amide bonds. The van der Waals surface area contributed by atoms with Crippen LogP contribution in [0.25, 0.3) is 0 Å². The summed E-state index contributed by atoms with van der Waals surface area (Å²) in [6.45, 7) is 10.9. The minimum Gasteiger partial charge on any atom is -0.398 e. The van der Waals surface area contributed by atoms with E-state index in [1.54, 1.807) is 7.11 Å². The summed E-state index contributed by atoms with van der Waals surface area (Å²) in [6, 6.07) is 1.88. The average Bonchev–Trinajstić information content (AvgIpc) is 3.39. The van der Waals surface area contributed by atoms with Gasteiger partial charge in [-0.25, -0.2) is 0 Å². The number of ether oxygens (including phenoxy) is 4. The maximum Gasteiger partial charge on any atom is 0.338 e. The zero-order valence-corrected chi connectivity index (χ0v) is 16.7. The van der Waals surface area contributed by atoms with Crippen LogP contribution in [0.5, 0.6) is 0 Å². The van der Waals surface area contributed by atoms with Gasteiger partial charge in [-0.1, -0.05) is 0 Å². The molecule has 2 heterocycles. The maximum atomic E-state index is 6.41. The third-order valence-electron chi connectivity index (χ3n) is 3.97. The van der Waals surface area contributed by atoms with Gasteiger partial charge < -0.3 is 27.8 Å². The van der Waals surface area contributed by atoms with E-state index in [-0.39, 0.29) is 5.60 Å². The van der Waals surface area contributed by atoms with Gasteiger partial charge in [0.25, 0.3) is 0 Å². The normalized spacial score (nSPS) is 25.5. The standard InChI is InChI=1S/C17H34O6Si/c1-17(2,3)23-24(18-4,9-5-7-19-11-15-13-21-15)10-6-8-20-12-16-14-22-16/h15-16H,5-14H2,1-4H3. The lowest BCUT2D eigenvalue weighted by atomic mass is 10.2. The van der Waals surface area contributed by atoms with Crippen molar-refractivity contribution in [2.45, 2.75) is 63.5 Å². The van der Waals surface area contributed by atoms with Gasteiger partial charge in [-0.2, -0.15) is 0 Å². The highest BCUT2D eigenvalue weighted by Crippen LogP contribution is 2.28. The fourth-order valence-corrected chi connectivity index (χ4v) is 6.10. The minimum atomic E-state index is -2.25. The molecule has 142 valence electrons. The molecule has 24 heavy (non-hydrogen) atoms. The van der Waals surface area contributed by atoms with Crippen LogP contribution < -0.4 is 0 Å². The second kappa shape index (κ2) is 9.61. The zero-order chi connectivity index (χ0) is 17.5. The van der Waals surface area contributed by atoms with Crippen LogP contribution in [0.1, 0.15) is 33.6 Å². The molecular formula is C17H34O6Si. The predicted octanol–water partition coefficient (Wildman–Crippen LogP) is 2.50. The molecule has 0 radical (unpaired) electrons. The molecule has 7 heteroatoms. The Morgan fingerprint density at radius 1 is 0.917 bits per heavy atom. The summed E-state index contributed by atoms with van der Waals surface area (Å²) in [5.74, 6) is 0. The van der Waals surface area contributed by atoms with Crippen LogP contribution in [0.15, 0.2) is 0 Å². The van der Waals surface area contributed by atoms with Gasteiger partial charge in [-0.05, 0) is 45.7 Å². The lowest BCUT2D eigenvalue weighted by Gasteiger charge is -2.36. The summed E-state index contributed by atoms with van der Waals surface area (Å²) in [5.41, 5.74) is -0.201. The lowest BCUT2D eigenvalue weighted by molar-refractivity contribution is 0.0648. The van der Waals surface area contributed by atoms with Crippen LogP contribution in [0.4, 0.5) is 0 Å². The molecule has 0 aromatic rings. The van der Waals surface area contributed by atoms with Gasteiger partial charge in [-0.15, -0.1) is 0 Å². The van der Waals surface area contributed by atoms with Crippen molar-refractivity contribution in [1.29, 1.82) is 0 Å². The molecular weight excluding hydrogens is 328 g/mol. The fourth-order valence-electron chi connectivity index (χ4n) is 2.68. The van der Waals surface area contributed by atoms with Crippen molar-refractivity contribution in [2.75, 3.05) is 46.8 Å². The smallest absolute Gasteiger partial charge is 0.338 e. The van der Waals surface area contributed by atoms with Gasteiger partial charge >= 0.3 is 8.56 Å². The molecule has 2 fully saturated rings. The minimum absolute atomic E-state index is 0.201. The number of epoxide rings is 2. The van der Waals surface area contributed by atoms with Crippen LogP contribution in [-0.4, -0.2) is 73.1 Å². The first-order valence-corrected chi connectivity index (χ1v) is 11.3. The quantitative estimate of drug-likeness (QED) is 0.269.